The molecule has 4 nitrogen and oxygen atoms in total. The molecular formula is C15H24N2O2. The van der Waals surface area contributed by atoms with Crippen LogP contribution in [0.25, 0.3) is 0 Å². The minimum atomic E-state index is -0.736. The van der Waals surface area contributed by atoms with Crippen LogP contribution < -0.4 is 5.32 Å². The molecule has 1 aromatic heterocycles. The Bertz CT molecular complexity index is 399. The van der Waals surface area contributed by atoms with Crippen molar-refractivity contribution in [2.45, 2.75) is 40.0 Å². The van der Waals surface area contributed by atoms with Crippen LogP contribution in [0.5, 0.6) is 0 Å². The van der Waals surface area contributed by atoms with Gasteiger partial charge in [0.1, 0.15) is 0 Å². The Labute approximate surface area is 115 Å². The SMILES string of the molecule is Cc1ccc(CCCNCCC(C)(C)C(=O)O)cn1. The highest BCUT2D eigenvalue weighted by Gasteiger charge is 2.25. The molecular weight excluding hydrogens is 240 g/mol. The second kappa shape index (κ2) is 7.24. The summed E-state index contributed by atoms with van der Waals surface area (Å²) >= 11 is 0. The highest BCUT2D eigenvalue weighted by atomic mass is 16.4. The monoisotopic (exact) mass is 264 g/mol. The predicted molar refractivity (Wildman–Crippen MR) is 76.2 cm³/mol. The van der Waals surface area contributed by atoms with Crippen molar-refractivity contribution in [2.24, 2.45) is 5.41 Å². The first-order valence-electron chi connectivity index (χ1n) is 6.77. The van der Waals surface area contributed by atoms with E-state index in [0.717, 1.165) is 31.6 Å². The Morgan fingerprint density at radius 2 is 2.11 bits per heavy atom. The first kappa shape index (κ1) is 15.6. The number of aliphatic carboxylic acids is 1. The lowest BCUT2D eigenvalue weighted by atomic mass is 9.90. The van der Waals surface area contributed by atoms with Gasteiger partial charge in [0.05, 0.1) is 5.41 Å². The van der Waals surface area contributed by atoms with E-state index in [1.165, 1.54) is 5.56 Å². The van der Waals surface area contributed by atoms with Gasteiger partial charge in [-0.3, -0.25) is 9.78 Å². The third-order valence-corrected chi connectivity index (χ3v) is 3.30. The molecule has 4 heteroatoms. The van der Waals surface area contributed by atoms with Crippen molar-refractivity contribution >= 4 is 5.97 Å². The highest BCUT2D eigenvalue weighted by Crippen LogP contribution is 2.19. The maximum Gasteiger partial charge on any atom is 0.309 e. The zero-order chi connectivity index (χ0) is 14.3. The molecule has 0 saturated carbocycles. The van der Waals surface area contributed by atoms with E-state index >= 15 is 0 Å². The number of aryl methyl sites for hydroxylation is 2. The number of hydrogen-bond acceptors (Lipinski definition) is 3. The molecule has 0 atom stereocenters. The summed E-state index contributed by atoms with van der Waals surface area (Å²) in [4.78, 5) is 15.2. The lowest BCUT2D eigenvalue weighted by molar-refractivity contribution is -0.147. The van der Waals surface area contributed by atoms with Crippen molar-refractivity contribution in [3.05, 3.63) is 29.6 Å². The van der Waals surface area contributed by atoms with Gasteiger partial charge in [0.25, 0.3) is 0 Å². The summed E-state index contributed by atoms with van der Waals surface area (Å²) in [5.41, 5.74) is 1.64. The first-order valence-corrected chi connectivity index (χ1v) is 6.77. The molecule has 1 heterocycles. The van der Waals surface area contributed by atoms with Gasteiger partial charge in [0.2, 0.25) is 0 Å². The Hall–Kier alpha value is -1.42. The molecule has 0 spiro atoms. The molecule has 0 fully saturated rings. The summed E-state index contributed by atoms with van der Waals surface area (Å²) in [6.45, 7) is 7.15. The van der Waals surface area contributed by atoms with E-state index in [1.54, 1.807) is 13.8 Å². The third kappa shape index (κ3) is 5.83. The number of aromatic nitrogens is 1. The maximum atomic E-state index is 10.9. The van der Waals surface area contributed by atoms with Gasteiger partial charge in [-0.05, 0) is 64.8 Å². The standard InChI is InChI=1S/C15H24N2O2/c1-12-6-7-13(11-17-12)5-4-9-16-10-8-15(2,3)14(18)19/h6-7,11,16H,4-5,8-10H2,1-3H3,(H,18,19). The third-order valence-electron chi connectivity index (χ3n) is 3.30. The molecule has 0 saturated heterocycles. The number of nitrogens with one attached hydrogen (secondary N) is 1. The topological polar surface area (TPSA) is 62.2 Å². The molecule has 0 radical (unpaired) electrons. The van der Waals surface area contributed by atoms with Crippen molar-refractivity contribution in [3.63, 3.8) is 0 Å². The first-order chi connectivity index (χ1) is 8.92. The van der Waals surface area contributed by atoms with Crippen LogP contribution in [-0.2, 0) is 11.2 Å². The van der Waals surface area contributed by atoms with Crippen LogP contribution in [0.15, 0.2) is 18.3 Å². The van der Waals surface area contributed by atoms with Gasteiger partial charge < -0.3 is 10.4 Å². The van der Waals surface area contributed by atoms with E-state index in [-0.39, 0.29) is 0 Å². The number of carboxylic acids is 1. The van der Waals surface area contributed by atoms with Gasteiger partial charge >= 0.3 is 5.97 Å². The summed E-state index contributed by atoms with van der Waals surface area (Å²) in [6.07, 6.45) is 4.61. The van der Waals surface area contributed by atoms with E-state index in [0.29, 0.717) is 6.42 Å². The van der Waals surface area contributed by atoms with Crippen molar-refractivity contribution in [1.82, 2.24) is 10.3 Å². The number of carbonyl (C=O) groups is 1. The van der Waals surface area contributed by atoms with Gasteiger partial charge in [-0.2, -0.15) is 0 Å². The quantitative estimate of drug-likeness (QED) is 0.708. The Morgan fingerprint density at radius 3 is 2.68 bits per heavy atom. The molecule has 0 bridgehead atoms. The maximum absolute atomic E-state index is 10.9. The van der Waals surface area contributed by atoms with E-state index in [9.17, 15) is 4.79 Å². The summed E-state index contributed by atoms with van der Waals surface area (Å²) in [7, 11) is 0. The predicted octanol–water partition coefficient (Wildman–Crippen LogP) is 2.41. The van der Waals surface area contributed by atoms with Gasteiger partial charge in [-0.25, -0.2) is 0 Å². The smallest absolute Gasteiger partial charge is 0.309 e. The average Bonchev–Trinajstić information content (AvgIpc) is 2.35. The van der Waals surface area contributed by atoms with E-state index in [4.69, 9.17) is 5.11 Å². The lowest BCUT2D eigenvalue weighted by Gasteiger charge is -2.18. The average molecular weight is 264 g/mol. The minimum absolute atomic E-state index is 0.645. The second-order valence-electron chi connectivity index (χ2n) is 5.60. The Morgan fingerprint density at radius 1 is 1.37 bits per heavy atom. The lowest BCUT2D eigenvalue weighted by Crippen LogP contribution is -2.29. The van der Waals surface area contributed by atoms with Crippen LogP contribution in [0.3, 0.4) is 0 Å². The van der Waals surface area contributed by atoms with Crippen molar-refractivity contribution in [3.8, 4) is 0 Å². The van der Waals surface area contributed by atoms with Crippen LogP contribution in [0.2, 0.25) is 0 Å². The summed E-state index contributed by atoms with van der Waals surface area (Å²) < 4.78 is 0. The fourth-order valence-electron chi connectivity index (χ4n) is 1.70. The molecule has 1 aromatic rings. The van der Waals surface area contributed by atoms with Crippen LogP contribution in [0, 0.1) is 12.3 Å². The molecule has 19 heavy (non-hydrogen) atoms. The van der Waals surface area contributed by atoms with Crippen LogP contribution in [-0.4, -0.2) is 29.1 Å². The summed E-state index contributed by atoms with van der Waals surface area (Å²) in [6, 6.07) is 4.13. The van der Waals surface area contributed by atoms with E-state index in [2.05, 4.69) is 16.4 Å². The van der Waals surface area contributed by atoms with E-state index in [1.807, 2.05) is 19.2 Å². The molecule has 0 unspecified atom stereocenters. The molecule has 1 rings (SSSR count). The van der Waals surface area contributed by atoms with Gasteiger partial charge in [-0.1, -0.05) is 6.07 Å². The highest BCUT2D eigenvalue weighted by molar-refractivity contribution is 5.73. The van der Waals surface area contributed by atoms with Crippen molar-refractivity contribution < 1.29 is 9.90 Å². The number of pyridine rings is 1. The summed E-state index contributed by atoms with van der Waals surface area (Å²) in [5.74, 6) is -0.736. The van der Waals surface area contributed by atoms with Crippen LogP contribution in [0.4, 0.5) is 0 Å². The van der Waals surface area contributed by atoms with Gasteiger partial charge in [-0.15, -0.1) is 0 Å². The number of hydrogen-bond donors (Lipinski definition) is 2. The van der Waals surface area contributed by atoms with E-state index < -0.39 is 11.4 Å². The Balaban J connectivity index is 2.12. The van der Waals surface area contributed by atoms with Crippen molar-refractivity contribution in [2.75, 3.05) is 13.1 Å². The second-order valence-corrected chi connectivity index (χ2v) is 5.60. The Kier molecular flexibility index (Phi) is 5.96. The summed E-state index contributed by atoms with van der Waals surface area (Å²) in [5, 5.41) is 12.3. The van der Waals surface area contributed by atoms with Crippen LogP contribution >= 0.6 is 0 Å². The fourth-order valence-corrected chi connectivity index (χ4v) is 1.70. The number of rotatable bonds is 8. The zero-order valence-electron chi connectivity index (χ0n) is 12.1. The molecule has 106 valence electrons. The fraction of sp³-hybridized carbons (Fsp3) is 0.600. The van der Waals surface area contributed by atoms with Gasteiger partial charge in [0.15, 0.2) is 0 Å². The molecule has 0 aliphatic rings. The largest absolute Gasteiger partial charge is 0.481 e. The van der Waals surface area contributed by atoms with Crippen molar-refractivity contribution in [1.29, 1.82) is 0 Å². The molecule has 0 amide bonds. The molecule has 0 aliphatic heterocycles. The zero-order valence-corrected chi connectivity index (χ0v) is 12.1. The minimum Gasteiger partial charge on any atom is -0.481 e. The number of nitrogens with zero attached hydrogens (tertiary/aromatic N) is 1. The molecule has 0 aliphatic carbocycles. The normalized spacial score (nSPS) is 11.5. The van der Waals surface area contributed by atoms with Gasteiger partial charge in [0, 0.05) is 11.9 Å². The molecule has 2 N–H and O–H groups in total. The van der Waals surface area contributed by atoms with Crippen LogP contribution in [0.1, 0.15) is 37.9 Å². The number of carboxylic acid groups (broad SMARTS) is 1. The molecule has 0 aromatic carbocycles.